The second-order valence-electron chi connectivity index (χ2n) is 9.64. The predicted octanol–water partition coefficient (Wildman–Crippen LogP) is 5.10. The fraction of sp³-hybridized carbons (Fsp3) is 0.792. The topological polar surface area (TPSA) is 77.8 Å². The van der Waals surface area contributed by atoms with E-state index in [-0.39, 0.29) is 23.9 Å². The summed E-state index contributed by atoms with van der Waals surface area (Å²) in [6.07, 6.45) is 14.6. The Kier molecular flexibility index (Phi) is 8.76. The van der Waals surface area contributed by atoms with E-state index in [1.54, 1.807) is 0 Å². The van der Waals surface area contributed by atoms with Gasteiger partial charge in [-0.2, -0.15) is 0 Å². The first kappa shape index (κ1) is 23.2. The van der Waals surface area contributed by atoms with E-state index in [9.17, 15) is 15.0 Å². The molecule has 0 unspecified atom stereocenters. The highest BCUT2D eigenvalue weighted by atomic mass is 16.4. The van der Waals surface area contributed by atoms with Gasteiger partial charge in [-0.1, -0.05) is 63.8 Å². The molecule has 2 saturated carbocycles. The molecule has 2 aliphatic carbocycles. The van der Waals surface area contributed by atoms with Crippen LogP contribution in [0.1, 0.15) is 85.0 Å². The number of unbranched alkanes of at least 4 members (excludes halogenated alkanes) is 3. The Labute approximate surface area is 170 Å². The summed E-state index contributed by atoms with van der Waals surface area (Å²) in [6, 6.07) is 0. The SMILES string of the molecule is CCCCCC(C)(C)[C@@H](O)/C=C/[C@@H]1[C@H]2C/C(=C/CCCC(=O)O)C[C@@H]2C[C@H]1O. The standard InChI is InChI=1S/C24H40O4/c1-4-5-8-13-24(2,3)22(26)12-11-19-20-15-17(9-6-7-10-23(27)28)14-18(20)16-21(19)25/h9,11-12,18-22,25-26H,4-8,10,13-16H2,1-3H3,(H,27,28)/b12-11+,17-9+/t18-,19-,20+,21-,22+/m1/s1. The normalized spacial score (nSPS) is 30.2. The van der Waals surface area contributed by atoms with Crippen LogP contribution in [-0.4, -0.2) is 33.5 Å². The first-order chi connectivity index (χ1) is 13.2. The van der Waals surface area contributed by atoms with Crippen molar-refractivity contribution in [3.8, 4) is 0 Å². The number of aliphatic hydroxyl groups excluding tert-OH is 2. The quantitative estimate of drug-likeness (QED) is 0.338. The molecule has 0 radical (unpaired) electrons. The molecule has 5 atom stereocenters. The number of rotatable bonds is 11. The van der Waals surface area contributed by atoms with Crippen LogP contribution in [0.3, 0.4) is 0 Å². The molecular weight excluding hydrogens is 352 g/mol. The Hall–Kier alpha value is -1.13. The van der Waals surface area contributed by atoms with E-state index in [1.165, 1.54) is 18.4 Å². The van der Waals surface area contributed by atoms with Crippen LogP contribution in [0.4, 0.5) is 0 Å². The zero-order valence-corrected chi connectivity index (χ0v) is 17.9. The van der Waals surface area contributed by atoms with Gasteiger partial charge in [-0.25, -0.2) is 0 Å². The van der Waals surface area contributed by atoms with Crippen molar-refractivity contribution in [2.24, 2.45) is 23.2 Å². The number of carbonyl (C=O) groups is 1. The number of carboxylic acid groups (broad SMARTS) is 1. The number of fused-ring (bicyclic) bond motifs is 1. The van der Waals surface area contributed by atoms with Crippen molar-refractivity contribution < 1.29 is 20.1 Å². The predicted molar refractivity (Wildman–Crippen MR) is 113 cm³/mol. The van der Waals surface area contributed by atoms with Crippen molar-refractivity contribution in [3.05, 3.63) is 23.8 Å². The van der Waals surface area contributed by atoms with Crippen LogP contribution < -0.4 is 0 Å². The van der Waals surface area contributed by atoms with E-state index < -0.39 is 12.1 Å². The monoisotopic (exact) mass is 392 g/mol. The minimum atomic E-state index is -0.730. The third kappa shape index (κ3) is 6.45. The highest BCUT2D eigenvalue weighted by Crippen LogP contribution is 2.50. The molecule has 4 heteroatoms. The van der Waals surface area contributed by atoms with Crippen LogP contribution >= 0.6 is 0 Å². The molecule has 0 saturated heterocycles. The van der Waals surface area contributed by atoms with Crippen molar-refractivity contribution >= 4 is 5.97 Å². The molecule has 4 nitrogen and oxygen atoms in total. The van der Waals surface area contributed by atoms with Gasteiger partial charge >= 0.3 is 5.97 Å². The molecule has 3 N–H and O–H groups in total. The summed E-state index contributed by atoms with van der Waals surface area (Å²) in [7, 11) is 0. The maximum Gasteiger partial charge on any atom is 0.303 e. The van der Waals surface area contributed by atoms with Gasteiger partial charge in [0.05, 0.1) is 12.2 Å². The van der Waals surface area contributed by atoms with E-state index in [2.05, 4.69) is 32.9 Å². The highest BCUT2D eigenvalue weighted by molar-refractivity contribution is 5.66. The molecule has 0 bridgehead atoms. The second kappa shape index (κ2) is 10.6. The van der Waals surface area contributed by atoms with Gasteiger partial charge in [-0.3, -0.25) is 4.79 Å². The number of hydrogen-bond acceptors (Lipinski definition) is 3. The Morgan fingerprint density at radius 2 is 2.00 bits per heavy atom. The fourth-order valence-electron chi connectivity index (χ4n) is 4.97. The first-order valence-corrected chi connectivity index (χ1v) is 11.2. The van der Waals surface area contributed by atoms with Gasteiger partial charge in [-0.15, -0.1) is 0 Å². The molecular formula is C24H40O4. The summed E-state index contributed by atoms with van der Waals surface area (Å²) in [6.45, 7) is 6.44. The molecule has 0 spiro atoms. The Morgan fingerprint density at radius 1 is 1.25 bits per heavy atom. The van der Waals surface area contributed by atoms with Gasteiger partial charge in [0.25, 0.3) is 0 Å². The molecule has 2 aliphatic rings. The van der Waals surface area contributed by atoms with Crippen molar-refractivity contribution in [1.82, 2.24) is 0 Å². The van der Waals surface area contributed by atoms with Gasteiger partial charge in [0, 0.05) is 12.3 Å². The van der Waals surface area contributed by atoms with Gasteiger partial charge in [0.1, 0.15) is 0 Å². The largest absolute Gasteiger partial charge is 0.481 e. The Morgan fingerprint density at radius 3 is 2.68 bits per heavy atom. The van der Waals surface area contributed by atoms with E-state index in [0.29, 0.717) is 18.3 Å². The van der Waals surface area contributed by atoms with Gasteiger partial charge in [-0.05, 0) is 55.8 Å². The molecule has 2 fully saturated rings. The maximum absolute atomic E-state index is 10.7. The number of hydrogen-bond donors (Lipinski definition) is 3. The minimum absolute atomic E-state index is 0.121. The zero-order valence-electron chi connectivity index (χ0n) is 17.9. The summed E-state index contributed by atoms with van der Waals surface area (Å²) in [4.78, 5) is 10.6. The van der Waals surface area contributed by atoms with E-state index in [1.807, 2.05) is 6.08 Å². The van der Waals surface area contributed by atoms with Crippen LogP contribution in [0.25, 0.3) is 0 Å². The molecule has 0 heterocycles. The van der Waals surface area contributed by atoms with Gasteiger partial charge in [0.2, 0.25) is 0 Å². The molecule has 0 amide bonds. The van der Waals surface area contributed by atoms with Crippen molar-refractivity contribution in [2.45, 2.75) is 97.2 Å². The molecule has 0 aromatic carbocycles. The lowest BCUT2D eigenvalue weighted by atomic mass is 9.80. The molecule has 2 rings (SSSR count). The average molecular weight is 393 g/mol. The van der Waals surface area contributed by atoms with Crippen LogP contribution in [0.15, 0.2) is 23.8 Å². The van der Waals surface area contributed by atoms with Crippen LogP contribution in [0.2, 0.25) is 0 Å². The number of aliphatic carboxylic acids is 1. The second-order valence-corrected chi connectivity index (χ2v) is 9.64. The summed E-state index contributed by atoms with van der Waals surface area (Å²) in [5.74, 6) is 0.361. The molecule has 0 aromatic heterocycles. The highest BCUT2D eigenvalue weighted by Gasteiger charge is 2.45. The van der Waals surface area contributed by atoms with Crippen molar-refractivity contribution in [3.63, 3.8) is 0 Å². The average Bonchev–Trinajstić information content (AvgIpc) is 3.13. The molecule has 160 valence electrons. The molecule has 0 aromatic rings. The smallest absolute Gasteiger partial charge is 0.303 e. The Bertz CT molecular complexity index is 563. The van der Waals surface area contributed by atoms with Crippen LogP contribution in [0.5, 0.6) is 0 Å². The number of aliphatic hydroxyl groups is 2. The third-order valence-electron chi connectivity index (χ3n) is 6.88. The van der Waals surface area contributed by atoms with E-state index >= 15 is 0 Å². The number of allylic oxidation sites excluding steroid dienone is 2. The van der Waals surface area contributed by atoms with Gasteiger partial charge in [0.15, 0.2) is 0 Å². The summed E-state index contributed by atoms with van der Waals surface area (Å²) < 4.78 is 0. The Balaban J connectivity index is 1.90. The van der Waals surface area contributed by atoms with E-state index in [0.717, 1.165) is 38.5 Å². The van der Waals surface area contributed by atoms with Crippen molar-refractivity contribution in [1.29, 1.82) is 0 Å². The minimum Gasteiger partial charge on any atom is -0.481 e. The fourth-order valence-corrected chi connectivity index (χ4v) is 4.97. The lowest BCUT2D eigenvalue weighted by Gasteiger charge is -2.29. The lowest BCUT2D eigenvalue weighted by Crippen LogP contribution is -2.28. The molecule has 0 aliphatic heterocycles. The lowest BCUT2D eigenvalue weighted by molar-refractivity contribution is -0.137. The zero-order chi connectivity index (χ0) is 20.7. The summed E-state index contributed by atoms with van der Waals surface area (Å²) >= 11 is 0. The van der Waals surface area contributed by atoms with Crippen molar-refractivity contribution in [2.75, 3.05) is 0 Å². The third-order valence-corrected chi connectivity index (χ3v) is 6.88. The van der Waals surface area contributed by atoms with Crippen LogP contribution in [0, 0.1) is 23.2 Å². The number of carboxylic acids is 1. The summed E-state index contributed by atoms with van der Waals surface area (Å²) in [5.41, 5.74) is 1.28. The molecule has 28 heavy (non-hydrogen) atoms. The van der Waals surface area contributed by atoms with Crippen LogP contribution in [-0.2, 0) is 4.79 Å². The first-order valence-electron chi connectivity index (χ1n) is 11.2. The summed E-state index contributed by atoms with van der Waals surface area (Å²) in [5, 5.41) is 29.9. The maximum atomic E-state index is 10.7. The van der Waals surface area contributed by atoms with Gasteiger partial charge < -0.3 is 15.3 Å². The van der Waals surface area contributed by atoms with E-state index in [4.69, 9.17) is 5.11 Å².